The van der Waals surface area contributed by atoms with Gasteiger partial charge in [0.25, 0.3) is 0 Å². The zero-order valence-corrected chi connectivity index (χ0v) is 15.6. The van der Waals surface area contributed by atoms with E-state index in [1.54, 1.807) is 0 Å². The van der Waals surface area contributed by atoms with E-state index < -0.39 is 0 Å². The number of hydrogen-bond donors (Lipinski definition) is 1. The molecule has 1 aromatic carbocycles. The van der Waals surface area contributed by atoms with Crippen molar-refractivity contribution < 1.29 is 0 Å². The maximum Gasteiger partial charge on any atom is 0.0184 e. The zero-order chi connectivity index (χ0) is 16.2. The van der Waals surface area contributed by atoms with Gasteiger partial charge in [-0.1, -0.05) is 43.2 Å². The molecule has 0 heterocycles. The van der Waals surface area contributed by atoms with Crippen molar-refractivity contribution in [2.45, 2.75) is 44.3 Å². The quantitative estimate of drug-likeness (QED) is 0.570. The van der Waals surface area contributed by atoms with Gasteiger partial charge in [-0.3, -0.25) is 0 Å². The summed E-state index contributed by atoms with van der Waals surface area (Å²) < 4.78 is 0. The summed E-state index contributed by atoms with van der Waals surface area (Å²) >= 11 is 2.04. The molecule has 1 N–H and O–H groups in total. The Hall–Kier alpha value is -0.510. The second kappa shape index (κ2) is 11.9. The fourth-order valence-electron chi connectivity index (χ4n) is 3.39. The van der Waals surface area contributed by atoms with Crippen LogP contribution in [0.25, 0.3) is 0 Å². The Bertz CT molecular complexity index is 390. The van der Waals surface area contributed by atoms with Crippen molar-refractivity contribution in [2.24, 2.45) is 5.92 Å². The van der Waals surface area contributed by atoms with Crippen LogP contribution in [0.15, 0.2) is 30.3 Å². The summed E-state index contributed by atoms with van der Waals surface area (Å²) in [6.45, 7) is 4.88. The van der Waals surface area contributed by atoms with Crippen molar-refractivity contribution in [1.82, 2.24) is 10.2 Å². The van der Waals surface area contributed by atoms with Gasteiger partial charge >= 0.3 is 0 Å². The molecule has 0 amide bonds. The standard InChI is InChI=1S/C20H34N2S/c1-22(17-19-9-5-6-10-19)15-7-13-21-14-8-16-23-18-20-11-3-2-4-12-20/h2-4,11-12,19,21H,5-10,13-18H2,1H3. The van der Waals surface area contributed by atoms with Gasteiger partial charge in [-0.25, -0.2) is 0 Å². The van der Waals surface area contributed by atoms with E-state index in [9.17, 15) is 0 Å². The fraction of sp³-hybridized carbons (Fsp3) is 0.700. The summed E-state index contributed by atoms with van der Waals surface area (Å²) in [7, 11) is 2.29. The molecule has 0 bridgehead atoms. The van der Waals surface area contributed by atoms with E-state index in [4.69, 9.17) is 0 Å². The van der Waals surface area contributed by atoms with E-state index in [1.165, 1.54) is 69.5 Å². The highest BCUT2D eigenvalue weighted by Gasteiger charge is 2.16. The zero-order valence-electron chi connectivity index (χ0n) is 14.8. The first kappa shape index (κ1) is 18.8. The van der Waals surface area contributed by atoms with Crippen LogP contribution in [0.3, 0.4) is 0 Å². The Morgan fingerprint density at radius 1 is 1.09 bits per heavy atom. The van der Waals surface area contributed by atoms with Gasteiger partial charge in [0.05, 0.1) is 0 Å². The van der Waals surface area contributed by atoms with Gasteiger partial charge in [-0.05, 0) is 69.6 Å². The number of benzene rings is 1. The summed E-state index contributed by atoms with van der Waals surface area (Å²) in [4.78, 5) is 2.54. The molecule has 23 heavy (non-hydrogen) atoms. The number of nitrogens with zero attached hydrogens (tertiary/aromatic N) is 1. The molecule has 0 radical (unpaired) electrons. The normalized spacial score (nSPS) is 15.6. The fourth-order valence-corrected chi connectivity index (χ4v) is 4.31. The van der Waals surface area contributed by atoms with Crippen molar-refractivity contribution in [3.05, 3.63) is 35.9 Å². The summed E-state index contributed by atoms with van der Waals surface area (Å²) in [5, 5.41) is 3.59. The lowest BCUT2D eigenvalue weighted by Crippen LogP contribution is -2.28. The average molecular weight is 335 g/mol. The third-order valence-electron chi connectivity index (χ3n) is 4.69. The van der Waals surface area contributed by atoms with Crippen LogP contribution in [0.2, 0.25) is 0 Å². The van der Waals surface area contributed by atoms with E-state index in [1.807, 2.05) is 11.8 Å². The molecule has 130 valence electrons. The van der Waals surface area contributed by atoms with E-state index in [-0.39, 0.29) is 0 Å². The van der Waals surface area contributed by atoms with Crippen molar-refractivity contribution in [2.75, 3.05) is 39.0 Å². The van der Waals surface area contributed by atoms with Gasteiger partial charge in [0.15, 0.2) is 0 Å². The summed E-state index contributed by atoms with van der Waals surface area (Å²) in [6, 6.07) is 10.8. The maximum absolute atomic E-state index is 3.59. The molecule has 2 rings (SSSR count). The van der Waals surface area contributed by atoms with Gasteiger partial charge in [0, 0.05) is 12.3 Å². The van der Waals surface area contributed by atoms with Crippen LogP contribution in [-0.4, -0.2) is 43.9 Å². The van der Waals surface area contributed by atoms with Crippen LogP contribution in [0.4, 0.5) is 0 Å². The largest absolute Gasteiger partial charge is 0.317 e. The predicted octanol–water partition coefficient (Wildman–Crippen LogP) is 4.41. The van der Waals surface area contributed by atoms with Gasteiger partial charge in [-0.2, -0.15) is 11.8 Å². The second-order valence-corrected chi connectivity index (χ2v) is 8.01. The van der Waals surface area contributed by atoms with Crippen molar-refractivity contribution >= 4 is 11.8 Å². The Balaban J connectivity index is 1.35. The Kier molecular flexibility index (Phi) is 9.77. The molecule has 1 saturated carbocycles. The lowest BCUT2D eigenvalue weighted by molar-refractivity contribution is 0.274. The van der Waals surface area contributed by atoms with Gasteiger partial charge in [0.1, 0.15) is 0 Å². The van der Waals surface area contributed by atoms with Crippen LogP contribution in [0.1, 0.15) is 44.1 Å². The molecule has 0 saturated heterocycles. The lowest BCUT2D eigenvalue weighted by Gasteiger charge is -2.20. The molecule has 1 aliphatic rings. The second-order valence-electron chi connectivity index (χ2n) is 6.91. The number of nitrogens with one attached hydrogen (secondary N) is 1. The molecular formula is C20H34N2S. The Labute approximate surface area is 147 Å². The van der Waals surface area contributed by atoms with Crippen LogP contribution in [0.5, 0.6) is 0 Å². The van der Waals surface area contributed by atoms with E-state index in [0.29, 0.717) is 0 Å². The van der Waals surface area contributed by atoms with E-state index in [0.717, 1.165) is 18.2 Å². The van der Waals surface area contributed by atoms with Crippen LogP contribution in [0, 0.1) is 5.92 Å². The number of thioether (sulfide) groups is 1. The van der Waals surface area contributed by atoms with Crippen LogP contribution in [-0.2, 0) is 5.75 Å². The minimum Gasteiger partial charge on any atom is -0.317 e. The maximum atomic E-state index is 3.59. The molecule has 0 aromatic heterocycles. The van der Waals surface area contributed by atoms with Crippen molar-refractivity contribution in [1.29, 1.82) is 0 Å². The highest BCUT2D eigenvalue weighted by atomic mass is 32.2. The average Bonchev–Trinajstić information content (AvgIpc) is 3.07. The molecular weight excluding hydrogens is 300 g/mol. The van der Waals surface area contributed by atoms with E-state index in [2.05, 4.69) is 47.6 Å². The summed E-state index contributed by atoms with van der Waals surface area (Å²) in [6.07, 6.45) is 8.40. The highest BCUT2D eigenvalue weighted by Crippen LogP contribution is 2.25. The topological polar surface area (TPSA) is 15.3 Å². The molecule has 1 aliphatic carbocycles. The monoisotopic (exact) mass is 334 g/mol. The Morgan fingerprint density at radius 3 is 2.61 bits per heavy atom. The summed E-state index contributed by atoms with van der Waals surface area (Å²) in [5.74, 6) is 3.38. The van der Waals surface area contributed by atoms with Crippen LogP contribution >= 0.6 is 11.8 Å². The first-order valence-corrected chi connectivity index (χ1v) is 10.5. The van der Waals surface area contributed by atoms with Gasteiger partial charge in [-0.15, -0.1) is 0 Å². The smallest absolute Gasteiger partial charge is 0.0184 e. The summed E-state index contributed by atoms with van der Waals surface area (Å²) in [5.41, 5.74) is 1.44. The SMILES string of the molecule is CN(CCCNCCCSCc1ccccc1)CC1CCCC1. The van der Waals surface area contributed by atoms with E-state index >= 15 is 0 Å². The molecule has 1 fully saturated rings. The van der Waals surface area contributed by atoms with Crippen molar-refractivity contribution in [3.63, 3.8) is 0 Å². The molecule has 0 aliphatic heterocycles. The van der Waals surface area contributed by atoms with Gasteiger partial charge in [0.2, 0.25) is 0 Å². The molecule has 0 atom stereocenters. The lowest BCUT2D eigenvalue weighted by atomic mass is 10.1. The number of hydrogen-bond acceptors (Lipinski definition) is 3. The third-order valence-corrected chi connectivity index (χ3v) is 5.81. The predicted molar refractivity (Wildman–Crippen MR) is 104 cm³/mol. The molecule has 3 heteroatoms. The highest BCUT2D eigenvalue weighted by molar-refractivity contribution is 7.98. The Morgan fingerprint density at radius 2 is 1.83 bits per heavy atom. The van der Waals surface area contributed by atoms with Crippen molar-refractivity contribution in [3.8, 4) is 0 Å². The minimum atomic E-state index is 0.981. The minimum absolute atomic E-state index is 0.981. The molecule has 2 nitrogen and oxygen atoms in total. The third kappa shape index (κ3) is 8.78. The van der Waals surface area contributed by atoms with Gasteiger partial charge < -0.3 is 10.2 Å². The first-order chi connectivity index (χ1) is 11.3. The molecule has 1 aromatic rings. The molecule has 0 unspecified atom stereocenters. The number of rotatable bonds is 12. The molecule has 0 spiro atoms. The first-order valence-electron chi connectivity index (χ1n) is 9.35. The van der Waals surface area contributed by atoms with Crippen LogP contribution < -0.4 is 5.32 Å².